The fourth-order valence-corrected chi connectivity index (χ4v) is 5.09. The van der Waals surface area contributed by atoms with E-state index < -0.39 is 10.0 Å². The van der Waals surface area contributed by atoms with E-state index in [0.29, 0.717) is 0 Å². The second-order valence-electron chi connectivity index (χ2n) is 3.91. The van der Waals surface area contributed by atoms with E-state index in [1.54, 1.807) is 11.3 Å². The molecule has 0 aliphatic rings. The molecule has 0 bridgehead atoms. The molecule has 1 N–H and O–H groups in total. The maximum atomic E-state index is 12.2. The van der Waals surface area contributed by atoms with Gasteiger partial charge in [0.05, 0.1) is 12.2 Å². The van der Waals surface area contributed by atoms with E-state index in [9.17, 15) is 8.42 Å². The van der Waals surface area contributed by atoms with Crippen molar-refractivity contribution in [2.45, 2.75) is 30.0 Å². The zero-order valence-electron chi connectivity index (χ0n) is 10.2. The molecule has 0 saturated carbocycles. The number of rotatable bonds is 6. The molecule has 0 radical (unpaired) electrons. The van der Waals surface area contributed by atoms with Gasteiger partial charge in [0.1, 0.15) is 0 Å². The van der Waals surface area contributed by atoms with Crippen LogP contribution in [-0.4, -0.2) is 13.4 Å². The van der Waals surface area contributed by atoms with Gasteiger partial charge in [-0.2, -0.15) is 0 Å². The van der Waals surface area contributed by atoms with Gasteiger partial charge in [-0.15, -0.1) is 11.3 Å². The number of hydrogen-bond donors (Lipinski definition) is 1. The standard InChI is InChI=1S/C11H13ClN2O2S3/c1-2-4-8(9-5-3-6-17-9)14-19(15,16)10-7-13-11(12)18-10/h3,5-8,14H,2,4H2,1H3. The maximum Gasteiger partial charge on any atom is 0.252 e. The fraction of sp³-hybridized carbons (Fsp3) is 0.364. The number of sulfonamides is 1. The van der Waals surface area contributed by atoms with Crippen LogP contribution in [0, 0.1) is 0 Å². The molecular weight excluding hydrogens is 324 g/mol. The van der Waals surface area contributed by atoms with Crippen molar-refractivity contribution >= 4 is 44.3 Å². The molecule has 19 heavy (non-hydrogen) atoms. The van der Waals surface area contributed by atoms with Crippen molar-refractivity contribution in [1.82, 2.24) is 9.71 Å². The molecule has 0 aliphatic heterocycles. The van der Waals surface area contributed by atoms with E-state index in [1.807, 2.05) is 24.4 Å². The summed E-state index contributed by atoms with van der Waals surface area (Å²) in [6, 6.07) is 3.66. The van der Waals surface area contributed by atoms with Gasteiger partial charge < -0.3 is 0 Å². The van der Waals surface area contributed by atoms with Crippen LogP contribution in [0.3, 0.4) is 0 Å². The lowest BCUT2D eigenvalue weighted by atomic mass is 10.1. The lowest BCUT2D eigenvalue weighted by Gasteiger charge is -2.15. The van der Waals surface area contributed by atoms with Gasteiger partial charge in [0, 0.05) is 4.88 Å². The van der Waals surface area contributed by atoms with Crippen molar-refractivity contribution in [3.63, 3.8) is 0 Å². The van der Waals surface area contributed by atoms with Crippen LogP contribution in [0.25, 0.3) is 0 Å². The molecule has 1 atom stereocenters. The van der Waals surface area contributed by atoms with Crippen LogP contribution in [0.4, 0.5) is 0 Å². The second kappa shape index (κ2) is 6.32. The summed E-state index contributed by atoms with van der Waals surface area (Å²) in [5, 5.41) is 1.94. The summed E-state index contributed by atoms with van der Waals surface area (Å²) in [6.07, 6.45) is 2.94. The van der Waals surface area contributed by atoms with Crippen molar-refractivity contribution in [3.05, 3.63) is 33.1 Å². The summed E-state index contributed by atoms with van der Waals surface area (Å²) < 4.78 is 27.6. The molecule has 1 unspecified atom stereocenters. The van der Waals surface area contributed by atoms with Gasteiger partial charge >= 0.3 is 0 Å². The van der Waals surface area contributed by atoms with Gasteiger partial charge in [-0.3, -0.25) is 0 Å². The molecule has 0 aromatic carbocycles. The second-order valence-corrected chi connectivity index (χ2v) is 8.44. The number of thiazole rings is 1. The molecule has 2 heterocycles. The molecule has 0 fully saturated rings. The number of halogens is 1. The first kappa shape index (κ1) is 14.9. The van der Waals surface area contributed by atoms with Crippen molar-refractivity contribution in [2.75, 3.05) is 0 Å². The molecule has 0 amide bonds. The smallest absolute Gasteiger partial charge is 0.232 e. The predicted molar refractivity (Wildman–Crippen MR) is 79.4 cm³/mol. The molecule has 104 valence electrons. The van der Waals surface area contributed by atoms with E-state index >= 15 is 0 Å². The monoisotopic (exact) mass is 336 g/mol. The normalized spacial score (nSPS) is 13.6. The summed E-state index contributed by atoms with van der Waals surface area (Å²) in [6.45, 7) is 2.03. The van der Waals surface area contributed by atoms with Crippen LogP contribution in [0.1, 0.15) is 30.7 Å². The average Bonchev–Trinajstić information content (AvgIpc) is 2.98. The Bertz CT molecular complexity index is 622. The van der Waals surface area contributed by atoms with Gasteiger partial charge in [0.25, 0.3) is 10.0 Å². The molecule has 0 aliphatic carbocycles. The van der Waals surface area contributed by atoms with Crippen LogP contribution in [0.5, 0.6) is 0 Å². The number of nitrogens with one attached hydrogen (secondary N) is 1. The number of aromatic nitrogens is 1. The zero-order chi connectivity index (χ0) is 13.9. The van der Waals surface area contributed by atoms with Crippen LogP contribution in [0.2, 0.25) is 4.47 Å². The Morgan fingerprint density at radius 2 is 2.32 bits per heavy atom. The number of nitrogens with zero attached hydrogens (tertiary/aromatic N) is 1. The third kappa shape index (κ3) is 3.76. The average molecular weight is 337 g/mol. The number of thiophene rings is 1. The Morgan fingerprint density at radius 1 is 1.53 bits per heavy atom. The van der Waals surface area contributed by atoms with E-state index in [4.69, 9.17) is 11.6 Å². The molecule has 0 saturated heterocycles. The Labute approximate surface area is 125 Å². The topological polar surface area (TPSA) is 59.1 Å². The lowest BCUT2D eigenvalue weighted by Crippen LogP contribution is -2.27. The van der Waals surface area contributed by atoms with E-state index in [1.165, 1.54) is 6.20 Å². The summed E-state index contributed by atoms with van der Waals surface area (Å²) in [5.41, 5.74) is 0. The quantitative estimate of drug-likeness (QED) is 0.875. The van der Waals surface area contributed by atoms with Crippen LogP contribution >= 0.6 is 34.3 Å². The minimum Gasteiger partial charge on any atom is -0.232 e. The minimum absolute atomic E-state index is 0.148. The molecule has 0 spiro atoms. The van der Waals surface area contributed by atoms with Gasteiger partial charge in [0.2, 0.25) is 0 Å². The first-order valence-corrected chi connectivity index (χ1v) is 9.25. The summed E-state index contributed by atoms with van der Waals surface area (Å²) >= 11 is 8.19. The summed E-state index contributed by atoms with van der Waals surface area (Å²) in [5.74, 6) is 0. The van der Waals surface area contributed by atoms with Crippen molar-refractivity contribution in [1.29, 1.82) is 0 Å². The van der Waals surface area contributed by atoms with Gasteiger partial charge in [-0.1, -0.05) is 42.3 Å². The minimum atomic E-state index is -3.56. The molecule has 2 aromatic heterocycles. The van der Waals surface area contributed by atoms with Crippen molar-refractivity contribution in [2.24, 2.45) is 0 Å². The highest BCUT2D eigenvalue weighted by Gasteiger charge is 2.23. The fourth-order valence-electron chi connectivity index (χ4n) is 1.65. The molecular formula is C11H13ClN2O2S3. The van der Waals surface area contributed by atoms with E-state index in [2.05, 4.69) is 9.71 Å². The molecule has 2 aromatic rings. The molecule has 4 nitrogen and oxygen atoms in total. The Kier molecular flexibility index (Phi) is 4.97. The van der Waals surface area contributed by atoms with Gasteiger partial charge in [-0.25, -0.2) is 18.1 Å². The molecule has 8 heteroatoms. The Morgan fingerprint density at radius 3 is 2.84 bits per heavy atom. The Balaban J connectivity index is 2.21. The highest BCUT2D eigenvalue weighted by molar-refractivity contribution is 7.91. The van der Waals surface area contributed by atoms with Crippen molar-refractivity contribution in [3.8, 4) is 0 Å². The van der Waals surface area contributed by atoms with Crippen LogP contribution < -0.4 is 4.72 Å². The first-order valence-electron chi connectivity index (χ1n) is 5.70. The number of hydrogen-bond acceptors (Lipinski definition) is 5. The first-order chi connectivity index (χ1) is 9.03. The van der Waals surface area contributed by atoms with Gasteiger partial charge in [-0.05, 0) is 17.9 Å². The van der Waals surface area contributed by atoms with Crippen molar-refractivity contribution < 1.29 is 8.42 Å². The van der Waals surface area contributed by atoms with Gasteiger partial charge in [0.15, 0.2) is 8.68 Å². The van der Waals surface area contributed by atoms with Crippen LogP contribution in [0.15, 0.2) is 27.9 Å². The van der Waals surface area contributed by atoms with Crippen LogP contribution in [-0.2, 0) is 10.0 Å². The summed E-state index contributed by atoms with van der Waals surface area (Å²) in [4.78, 5) is 4.78. The third-order valence-corrected chi connectivity index (χ3v) is 6.52. The maximum absolute atomic E-state index is 12.2. The summed E-state index contributed by atoms with van der Waals surface area (Å²) in [7, 11) is -3.56. The SMILES string of the molecule is CCCC(NS(=O)(=O)c1cnc(Cl)s1)c1cccs1. The highest BCUT2D eigenvalue weighted by Crippen LogP contribution is 2.28. The zero-order valence-corrected chi connectivity index (χ0v) is 13.4. The third-order valence-electron chi connectivity index (χ3n) is 2.48. The molecule has 2 rings (SSSR count). The lowest BCUT2D eigenvalue weighted by molar-refractivity contribution is 0.541. The predicted octanol–water partition coefficient (Wildman–Crippen LogP) is 3.68. The van der Waals surface area contributed by atoms with E-state index in [0.717, 1.165) is 29.1 Å². The highest BCUT2D eigenvalue weighted by atomic mass is 35.5. The largest absolute Gasteiger partial charge is 0.252 e. The Hall–Kier alpha value is -0.470. The van der Waals surface area contributed by atoms with E-state index in [-0.39, 0.29) is 14.7 Å².